The molecule has 2 amide bonds. The molecule has 0 aliphatic carbocycles. The van der Waals surface area contributed by atoms with Crippen LogP contribution < -0.4 is 14.9 Å². The molecule has 2 aromatic carbocycles. The number of nitrogens with one attached hydrogen (secondary N) is 2. The number of para-hydroxylation sites is 1. The van der Waals surface area contributed by atoms with Gasteiger partial charge >= 0.3 is 6.03 Å². The van der Waals surface area contributed by atoms with Crippen LogP contribution in [0.1, 0.15) is 16.7 Å². The number of nitrogens with zero attached hydrogens (tertiary/aromatic N) is 1. The van der Waals surface area contributed by atoms with Gasteiger partial charge in [-0.3, -0.25) is 4.31 Å². The van der Waals surface area contributed by atoms with Crippen LogP contribution in [0.25, 0.3) is 0 Å². The normalized spacial score (nSPS) is 13.4. The number of hydrogen-bond acceptors (Lipinski definition) is 3. The smallest absolute Gasteiger partial charge is 0.319 e. The predicted molar refractivity (Wildman–Crippen MR) is 104 cm³/mol. The van der Waals surface area contributed by atoms with Gasteiger partial charge in [-0.15, -0.1) is 0 Å². The van der Waals surface area contributed by atoms with Crippen molar-refractivity contribution >= 4 is 27.4 Å². The topological polar surface area (TPSA) is 78.5 Å². The fraction of sp³-hybridized carbons (Fsp3) is 0.316. The standard InChI is InChI=1S/C19H23N3O3S/c1-14-7-8-17(13-15(14)2)21-19(23)20-10-12-26(24,25)22-11-9-16-5-3-4-6-18(16)22/h3-8,13H,9-12H2,1-2H3,(H2,20,21,23). The molecule has 0 atom stereocenters. The molecular formula is C19H23N3O3S. The molecule has 26 heavy (non-hydrogen) atoms. The van der Waals surface area contributed by atoms with Crippen LogP contribution in [-0.4, -0.2) is 33.3 Å². The molecule has 1 aliphatic heterocycles. The van der Waals surface area contributed by atoms with Crippen LogP contribution in [0.3, 0.4) is 0 Å². The summed E-state index contributed by atoms with van der Waals surface area (Å²) >= 11 is 0. The van der Waals surface area contributed by atoms with E-state index in [9.17, 15) is 13.2 Å². The molecule has 138 valence electrons. The lowest BCUT2D eigenvalue weighted by molar-refractivity contribution is 0.252. The Kier molecular flexibility index (Phi) is 5.18. The monoisotopic (exact) mass is 373 g/mol. The molecule has 0 radical (unpaired) electrons. The van der Waals surface area contributed by atoms with E-state index in [2.05, 4.69) is 10.6 Å². The van der Waals surface area contributed by atoms with Gasteiger partial charge in [-0.05, 0) is 55.2 Å². The summed E-state index contributed by atoms with van der Waals surface area (Å²) in [6.45, 7) is 4.48. The molecule has 2 aromatic rings. The molecular weight excluding hydrogens is 350 g/mol. The van der Waals surface area contributed by atoms with Crippen LogP contribution in [0.5, 0.6) is 0 Å². The number of carbonyl (C=O) groups is 1. The molecule has 0 aromatic heterocycles. The van der Waals surface area contributed by atoms with Gasteiger partial charge in [0.05, 0.1) is 11.4 Å². The number of rotatable bonds is 5. The number of amides is 2. The third-order valence-corrected chi connectivity index (χ3v) is 6.36. The van der Waals surface area contributed by atoms with Gasteiger partial charge in [0.2, 0.25) is 10.0 Å². The Morgan fingerprint density at radius 3 is 2.65 bits per heavy atom. The van der Waals surface area contributed by atoms with Crippen LogP contribution in [0, 0.1) is 13.8 Å². The quantitative estimate of drug-likeness (QED) is 0.846. The molecule has 0 bridgehead atoms. The van der Waals surface area contributed by atoms with Gasteiger partial charge < -0.3 is 10.6 Å². The van der Waals surface area contributed by atoms with Crippen molar-refractivity contribution in [3.05, 3.63) is 59.2 Å². The van der Waals surface area contributed by atoms with E-state index >= 15 is 0 Å². The Hall–Kier alpha value is -2.54. The molecule has 1 heterocycles. The maximum absolute atomic E-state index is 12.6. The number of benzene rings is 2. The van der Waals surface area contributed by atoms with Crippen LogP contribution in [0.15, 0.2) is 42.5 Å². The first kappa shape index (κ1) is 18.3. The average molecular weight is 373 g/mol. The van der Waals surface area contributed by atoms with Gasteiger partial charge in [-0.25, -0.2) is 13.2 Å². The maximum atomic E-state index is 12.6. The molecule has 6 nitrogen and oxygen atoms in total. The minimum Gasteiger partial charge on any atom is -0.337 e. The van der Waals surface area contributed by atoms with E-state index in [0.717, 1.165) is 28.8 Å². The van der Waals surface area contributed by atoms with Crippen molar-refractivity contribution in [3.8, 4) is 0 Å². The van der Waals surface area contributed by atoms with Crippen molar-refractivity contribution in [1.29, 1.82) is 0 Å². The van der Waals surface area contributed by atoms with Crippen molar-refractivity contribution < 1.29 is 13.2 Å². The lowest BCUT2D eigenvalue weighted by Crippen LogP contribution is -2.38. The molecule has 0 saturated carbocycles. The Labute approximate surface area is 154 Å². The van der Waals surface area contributed by atoms with Crippen molar-refractivity contribution in [2.45, 2.75) is 20.3 Å². The second-order valence-electron chi connectivity index (χ2n) is 6.45. The first-order chi connectivity index (χ1) is 12.4. The van der Waals surface area contributed by atoms with Crippen LogP contribution >= 0.6 is 0 Å². The van der Waals surface area contributed by atoms with Crippen LogP contribution in [0.4, 0.5) is 16.2 Å². The molecule has 2 N–H and O–H groups in total. The van der Waals surface area contributed by atoms with Gasteiger partial charge in [0.25, 0.3) is 0 Å². The molecule has 0 spiro atoms. The van der Waals surface area contributed by atoms with E-state index in [1.54, 1.807) is 0 Å². The first-order valence-electron chi connectivity index (χ1n) is 8.57. The minimum atomic E-state index is -3.46. The zero-order valence-electron chi connectivity index (χ0n) is 15.0. The van der Waals surface area contributed by atoms with Crippen molar-refractivity contribution in [3.63, 3.8) is 0 Å². The average Bonchev–Trinajstić information content (AvgIpc) is 3.03. The SMILES string of the molecule is Cc1ccc(NC(=O)NCCS(=O)(=O)N2CCc3ccccc32)cc1C. The van der Waals surface area contributed by atoms with Gasteiger partial charge in [-0.1, -0.05) is 24.3 Å². The lowest BCUT2D eigenvalue weighted by Gasteiger charge is -2.19. The number of aryl methyl sites for hydroxylation is 2. The highest BCUT2D eigenvalue weighted by Crippen LogP contribution is 2.29. The van der Waals surface area contributed by atoms with E-state index in [-0.39, 0.29) is 12.3 Å². The summed E-state index contributed by atoms with van der Waals surface area (Å²) in [6, 6.07) is 12.7. The predicted octanol–water partition coefficient (Wildman–Crippen LogP) is 2.82. The summed E-state index contributed by atoms with van der Waals surface area (Å²) < 4.78 is 26.6. The first-order valence-corrected chi connectivity index (χ1v) is 10.2. The minimum absolute atomic E-state index is 0.0533. The molecule has 7 heteroatoms. The van der Waals surface area contributed by atoms with Crippen molar-refractivity contribution in [2.75, 3.05) is 28.5 Å². The number of fused-ring (bicyclic) bond motifs is 1. The second-order valence-corrected chi connectivity index (χ2v) is 8.46. The number of hydrogen-bond donors (Lipinski definition) is 2. The molecule has 0 unspecified atom stereocenters. The third-order valence-electron chi connectivity index (χ3n) is 4.59. The third kappa shape index (κ3) is 3.99. The summed E-state index contributed by atoms with van der Waals surface area (Å²) in [6.07, 6.45) is 0.718. The molecule has 1 aliphatic rings. The fourth-order valence-electron chi connectivity index (χ4n) is 3.00. The van der Waals surface area contributed by atoms with Gasteiger partial charge in [-0.2, -0.15) is 0 Å². The zero-order chi connectivity index (χ0) is 18.7. The summed E-state index contributed by atoms with van der Waals surface area (Å²) in [4.78, 5) is 12.0. The molecule has 0 saturated heterocycles. The van der Waals surface area contributed by atoms with Crippen LogP contribution in [0.2, 0.25) is 0 Å². The number of urea groups is 1. The Bertz CT molecular complexity index is 925. The maximum Gasteiger partial charge on any atom is 0.319 e. The van der Waals surface area contributed by atoms with Crippen LogP contribution in [-0.2, 0) is 16.4 Å². The second kappa shape index (κ2) is 7.37. The van der Waals surface area contributed by atoms with E-state index < -0.39 is 16.1 Å². The summed E-state index contributed by atoms with van der Waals surface area (Å²) in [5.41, 5.74) is 4.69. The number of carbonyl (C=O) groups excluding carboxylic acids is 1. The number of sulfonamides is 1. The summed E-state index contributed by atoms with van der Waals surface area (Å²) in [7, 11) is -3.46. The van der Waals surface area contributed by atoms with Gasteiger partial charge in [0.15, 0.2) is 0 Å². The highest BCUT2D eigenvalue weighted by Gasteiger charge is 2.28. The highest BCUT2D eigenvalue weighted by atomic mass is 32.2. The molecule has 0 fully saturated rings. The Morgan fingerprint density at radius 2 is 1.88 bits per heavy atom. The lowest BCUT2D eigenvalue weighted by atomic mass is 10.1. The number of anilines is 2. The zero-order valence-corrected chi connectivity index (χ0v) is 15.8. The summed E-state index contributed by atoms with van der Waals surface area (Å²) in [5, 5.41) is 5.34. The van der Waals surface area contributed by atoms with Gasteiger partial charge in [0, 0.05) is 18.8 Å². The van der Waals surface area contributed by atoms with E-state index in [4.69, 9.17) is 0 Å². The van der Waals surface area contributed by atoms with Gasteiger partial charge in [0.1, 0.15) is 0 Å². The largest absolute Gasteiger partial charge is 0.337 e. The molecule has 3 rings (SSSR count). The van der Waals surface area contributed by atoms with E-state index in [0.29, 0.717) is 12.2 Å². The van der Waals surface area contributed by atoms with E-state index in [1.165, 1.54) is 4.31 Å². The van der Waals surface area contributed by atoms with Crippen molar-refractivity contribution in [2.24, 2.45) is 0 Å². The van der Waals surface area contributed by atoms with Crippen molar-refractivity contribution in [1.82, 2.24) is 5.32 Å². The van der Waals surface area contributed by atoms with E-state index in [1.807, 2.05) is 56.3 Å². The highest BCUT2D eigenvalue weighted by molar-refractivity contribution is 7.92. The fourth-order valence-corrected chi connectivity index (χ4v) is 4.42. The summed E-state index contributed by atoms with van der Waals surface area (Å²) in [5.74, 6) is -0.137. The Balaban J connectivity index is 1.54. The Morgan fingerprint density at radius 1 is 1.12 bits per heavy atom.